The van der Waals surface area contributed by atoms with E-state index in [1.165, 1.54) is 28.8 Å². The van der Waals surface area contributed by atoms with Gasteiger partial charge in [-0.25, -0.2) is 23.1 Å². The second-order valence-corrected chi connectivity index (χ2v) is 16.2. The van der Waals surface area contributed by atoms with Crippen molar-refractivity contribution in [3.63, 3.8) is 0 Å². The number of hydrogen-bond donors (Lipinski definition) is 2. The van der Waals surface area contributed by atoms with Crippen LogP contribution in [0.4, 0.5) is 37.7 Å². The van der Waals surface area contributed by atoms with Gasteiger partial charge in [-0.3, -0.25) is 28.4 Å². The highest BCUT2D eigenvalue weighted by atomic mass is 19.4. The van der Waals surface area contributed by atoms with Crippen LogP contribution in [-0.2, 0) is 6.18 Å². The number of amides is 2. The number of hydrogen-bond acceptors (Lipinski definition) is 6. The van der Waals surface area contributed by atoms with E-state index in [-0.39, 0.29) is 28.8 Å². The van der Waals surface area contributed by atoms with Gasteiger partial charge in [0.25, 0.3) is 11.8 Å². The van der Waals surface area contributed by atoms with Gasteiger partial charge in [-0.05, 0) is 99.6 Å². The summed E-state index contributed by atoms with van der Waals surface area (Å²) >= 11 is 0. The van der Waals surface area contributed by atoms with Gasteiger partial charge in [-0.1, -0.05) is 59.7 Å². The van der Waals surface area contributed by atoms with Crippen molar-refractivity contribution in [2.24, 2.45) is 0 Å². The molecule has 0 unspecified atom stereocenters. The fraction of sp³-hybridized carbons (Fsp3) is 0.0741. The molecule has 0 fully saturated rings. The van der Waals surface area contributed by atoms with Crippen molar-refractivity contribution >= 4 is 34.2 Å². The number of benzene rings is 4. The number of pyridine rings is 4. The van der Waals surface area contributed by atoms with Crippen LogP contribution in [0.5, 0.6) is 0 Å². The first-order valence-corrected chi connectivity index (χ1v) is 21.6. The molecule has 0 saturated carbocycles. The van der Waals surface area contributed by atoms with Crippen LogP contribution in [0, 0.1) is 38.2 Å². The normalized spacial score (nSPS) is 11.3. The first-order chi connectivity index (χ1) is 33.6. The van der Waals surface area contributed by atoms with Gasteiger partial charge < -0.3 is 10.6 Å². The van der Waals surface area contributed by atoms with Crippen LogP contribution in [0.25, 0.3) is 56.2 Å². The Morgan fingerprint density at radius 1 is 0.514 bits per heavy atom. The topological polar surface area (TPSA) is 119 Å². The number of carbonyl (C=O) groups excluding carboxylic acids is 2. The number of aromatic nitrogens is 6. The van der Waals surface area contributed by atoms with Crippen molar-refractivity contribution in [3.05, 3.63) is 216 Å². The molecule has 10 rings (SSSR count). The molecule has 0 aliphatic heterocycles. The maximum atomic E-state index is 14.4. The Hall–Kier alpha value is -8.92. The molecule has 0 bridgehead atoms. The Morgan fingerprint density at radius 2 is 1.04 bits per heavy atom. The van der Waals surface area contributed by atoms with Gasteiger partial charge in [-0.15, -0.1) is 0 Å². The predicted octanol–water partition coefficient (Wildman–Crippen LogP) is 13.0. The van der Waals surface area contributed by atoms with E-state index in [0.717, 1.165) is 45.6 Å². The van der Waals surface area contributed by atoms with Crippen molar-refractivity contribution in [1.29, 1.82) is 0 Å². The van der Waals surface area contributed by atoms with Crippen LogP contribution >= 0.6 is 0 Å². The SMILES string of the molecule is Cc1ccc(NC(=O)c2cc(-c3cccn4c(-c5cccc(F)c5F)ncc34)ncc2C(F)(F)F)cc1.Cc1ccc(NC(=O)c2cc(-c3cccn4c(-c5ccccc5F)ncc34)cnc2C)cc1. The highest BCUT2D eigenvalue weighted by Crippen LogP contribution is 2.36. The summed E-state index contributed by atoms with van der Waals surface area (Å²) in [6.07, 6.45) is 4.01. The van der Waals surface area contributed by atoms with Crippen LogP contribution in [0.15, 0.2) is 165 Å². The van der Waals surface area contributed by atoms with Gasteiger partial charge in [0.1, 0.15) is 17.5 Å². The molecule has 70 heavy (non-hydrogen) atoms. The number of imidazole rings is 2. The molecule has 16 heteroatoms. The number of carbonyl (C=O) groups is 2. The molecule has 0 aliphatic carbocycles. The fourth-order valence-electron chi connectivity index (χ4n) is 7.82. The van der Waals surface area contributed by atoms with Crippen molar-refractivity contribution in [3.8, 4) is 45.2 Å². The van der Waals surface area contributed by atoms with E-state index in [1.54, 1.807) is 73.2 Å². The number of aryl methyl sites for hydroxylation is 3. The number of alkyl halides is 3. The molecule has 2 N–H and O–H groups in total. The summed E-state index contributed by atoms with van der Waals surface area (Å²) in [4.78, 5) is 43.0. The minimum atomic E-state index is -4.82. The van der Waals surface area contributed by atoms with E-state index in [2.05, 4.69) is 30.6 Å². The van der Waals surface area contributed by atoms with Crippen molar-refractivity contribution in [1.82, 2.24) is 28.7 Å². The van der Waals surface area contributed by atoms with Crippen LogP contribution in [0.3, 0.4) is 0 Å². The van der Waals surface area contributed by atoms with E-state index >= 15 is 0 Å². The average Bonchev–Trinajstić information content (AvgIpc) is 3.99. The zero-order chi connectivity index (χ0) is 49.3. The standard InChI is InChI=1S/C27H17F5N4O.C27H21FN4O/c1-15-7-9-16(10-8-15)35-26(37)19-12-22(33-13-20(19)27(30,31)32)17-5-3-11-36-23(17)14-34-25(36)18-4-2-6-21(28)24(18)29;1-17-9-11-20(12-10-17)31-27(33)23-14-19(15-29-18(23)2)21-7-5-13-32-25(21)16-30-26(32)22-6-3-4-8-24(22)28/h2-14H,1H3,(H,35,37);3-16H,1-2H3,(H,31,33). The fourth-order valence-corrected chi connectivity index (χ4v) is 7.82. The molecule has 4 aromatic carbocycles. The number of rotatable bonds is 8. The zero-order valence-electron chi connectivity index (χ0n) is 37.4. The molecule has 6 aromatic heterocycles. The number of nitrogens with one attached hydrogen (secondary N) is 2. The zero-order valence-corrected chi connectivity index (χ0v) is 37.4. The Bertz CT molecular complexity index is 3610. The number of halogens is 6. The lowest BCUT2D eigenvalue weighted by atomic mass is 10.0. The summed E-state index contributed by atoms with van der Waals surface area (Å²) in [5.41, 5.74) is 5.97. The number of nitrogens with zero attached hydrogens (tertiary/aromatic N) is 6. The van der Waals surface area contributed by atoms with Gasteiger partial charge in [0, 0.05) is 52.9 Å². The smallest absolute Gasteiger partial charge is 0.322 e. The first-order valence-electron chi connectivity index (χ1n) is 21.6. The second-order valence-electron chi connectivity index (χ2n) is 16.2. The summed E-state index contributed by atoms with van der Waals surface area (Å²) in [5, 5.41) is 5.43. The van der Waals surface area contributed by atoms with Gasteiger partial charge in [0.05, 0.1) is 62.6 Å². The van der Waals surface area contributed by atoms with Gasteiger partial charge in [0.2, 0.25) is 0 Å². The van der Waals surface area contributed by atoms with Crippen molar-refractivity contribution in [2.45, 2.75) is 26.9 Å². The Labute approximate surface area is 396 Å². The van der Waals surface area contributed by atoms with Gasteiger partial charge >= 0.3 is 6.18 Å². The minimum Gasteiger partial charge on any atom is -0.322 e. The molecule has 6 heterocycles. The third kappa shape index (κ3) is 9.34. The first kappa shape index (κ1) is 46.2. The lowest BCUT2D eigenvalue weighted by Gasteiger charge is -2.14. The van der Waals surface area contributed by atoms with Crippen LogP contribution < -0.4 is 10.6 Å². The number of anilines is 2. The highest BCUT2D eigenvalue weighted by Gasteiger charge is 2.36. The number of fused-ring (bicyclic) bond motifs is 2. The highest BCUT2D eigenvalue weighted by molar-refractivity contribution is 6.07. The second kappa shape index (κ2) is 19.0. The summed E-state index contributed by atoms with van der Waals surface area (Å²) in [7, 11) is 0. The third-order valence-corrected chi connectivity index (χ3v) is 11.4. The summed E-state index contributed by atoms with van der Waals surface area (Å²) in [5.74, 6) is -3.02. The van der Waals surface area contributed by atoms with Crippen LogP contribution in [0.2, 0.25) is 0 Å². The lowest BCUT2D eigenvalue weighted by molar-refractivity contribution is -0.138. The average molecular weight is 945 g/mol. The molecular weight excluding hydrogens is 907 g/mol. The quantitative estimate of drug-likeness (QED) is 0.146. The Morgan fingerprint density at radius 3 is 1.66 bits per heavy atom. The van der Waals surface area contributed by atoms with Crippen molar-refractivity contribution < 1.29 is 35.9 Å². The molecule has 0 atom stereocenters. The molecule has 10 nitrogen and oxygen atoms in total. The summed E-state index contributed by atoms with van der Waals surface area (Å²) in [6.45, 7) is 5.65. The largest absolute Gasteiger partial charge is 0.418 e. The van der Waals surface area contributed by atoms with E-state index in [1.807, 2.05) is 73.8 Å². The van der Waals surface area contributed by atoms with Gasteiger partial charge in [0.15, 0.2) is 11.6 Å². The van der Waals surface area contributed by atoms with E-state index in [4.69, 9.17) is 0 Å². The molecule has 0 radical (unpaired) electrons. The minimum absolute atomic E-state index is 0.0684. The molecule has 348 valence electrons. The maximum absolute atomic E-state index is 14.4. The third-order valence-electron chi connectivity index (χ3n) is 11.4. The molecule has 2 amide bonds. The molecular formula is C54H38F6N8O2. The predicted molar refractivity (Wildman–Crippen MR) is 256 cm³/mol. The van der Waals surface area contributed by atoms with Crippen LogP contribution in [-0.4, -0.2) is 40.6 Å². The summed E-state index contributed by atoms with van der Waals surface area (Å²) in [6, 6.07) is 34.4. The van der Waals surface area contributed by atoms with E-state index < -0.39 is 34.8 Å². The lowest BCUT2D eigenvalue weighted by Crippen LogP contribution is -2.19. The van der Waals surface area contributed by atoms with E-state index in [9.17, 15) is 35.9 Å². The molecule has 10 aromatic rings. The molecule has 0 spiro atoms. The molecule has 0 aliphatic rings. The summed E-state index contributed by atoms with van der Waals surface area (Å²) < 4.78 is 87.2. The Balaban J connectivity index is 0.000000175. The maximum Gasteiger partial charge on any atom is 0.418 e. The van der Waals surface area contributed by atoms with Gasteiger partial charge in [-0.2, -0.15) is 13.2 Å². The van der Waals surface area contributed by atoms with Crippen molar-refractivity contribution in [2.75, 3.05) is 10.6 Å². The van der Waals surface area contributed by atoms with Crippen LogP contribution in [0.1, 0.15) is 43.1 Å². The monoisotopic (exact) mass is 944 g/mol. The van der Waals surface area contributed by atoms with E-state index in [0.29, 0.717) is 45.6 Å². The molecule has 0 saturated heterocycles. The Kier molecular flexibility index (Phi) is 12.5.